The van der Waals surface area contributed by atoms with Crippen LogP contribution in [0.2, 0.25) is 5.28 Å². The van der Waals surface area contributed by atoms with Gasteiger partial charge >= 0.3 is 0 Å². The molecule has 1 unspecified atom stereocenters. The molecule has 0 N–H and O–H groups in total. The van der Waals surface area contributed by atoms with Gasteiger partial charge in [0.15, 0.2) is 0 Å². The lowest BCUT2D eigenvalue weighted by Crippen LogP contribution is -2.35. The maximum Gasteiger partial charge on any atom is 0.236 e. The Kier molecular flexibility index (Phi) is 8.64. The second kappa shape index (κ2) is 12.3. The lowest BCUT2D eigenvalue weighted by atomic mass is 9.99. The van der Waals surface area contributed by atoms with E-state index in [0.29, 0.717) is 36.8 Å². The zero-order valence-corrected chi connectivity index (χ0v) is 21.7. The molecule has 4 aromatic rings. The van der Waals surface area contributed by atoms with Crippen molar-refractivity contribution in [1.29, 1.82) is 0 Å². The molecule has 0 spiro atoms. The second-order valence-electron chi connectivity index (χ2n) is 8.21. The van der Waals surface area contributed by atoms with Gasteiger partial charge in [0.25, 0.3) is 0 Å². The Morgan fingerprint density at radius 1 is 1.00 bits per heavy atom. The predicted molar refractivity (Wildman–Crippen MR) is 143 cm³/mol. The molecule has 1 amide bonds. The van der Waals surface area contributed by atoms with Gasteiger partial charge in [-0.2, -0.15) is 0 Å². The van der Waals surface area contributed by atoms with Gasteiger partial charge in [-0.3, -0.25) is 9.78 Å². The zero-order chi connectivity index (χ0) is 26.2. The van der Waals surface area contributed by atoms with Gasteiger partial charge in [0.05, 0.1) is 50.0 Å². The zero-order valence-electron chi connectivity index (χ0n) is 21.0. The molecule has 8 nitrogen and oxygen atoms in total. The molecule has 1 atom stereocenters. The quantitative estimate of drug-likeness (QED) is 0.248. The molecular weight excluding hydrogens is 490 g/mol. The largest absolute Gasteiger partial charge is 0.497 e. The number of methoxy groups -OCH3 is 1. The third-order valence-corrected chi connectivity index (χ3v) is 6.04. The van der Waals surface area contributed by atoms with Crippen molar-refractivity contribution in [3.63, 3.8) is 0 Å². The van der Waals surface area contributed by atoms with Crippen LogP contribution in [0.5, 0.6) is 11.6 Å². The maximum absolute atomic E-state index is 13.9. The van der Waals surface area contributed by atoms with Crippen molar-refractivity contribution in [3.05, 3.63) is 89.7 Å². The van der Waals surface area contributed by atoms with Gasteiger partial charge in [0.2, 0.25) is 17.1 Å². The lowest BCUT2D eigenvalue weighted by Gasteiger charge is -2.27. The summed E-state index contributed by atoms with van der Waals surface area (Å²) in [6, 6.07) is 17.1. The van der Waals surface area contributed by atoms with Crippen molar-refractivity contribution in [1.82, 2.24) is 19.9 Å². The van der Waals surface area contributed by atoms with Crippen molar-refractivity contribution in [2.75, 3.05) is 18.6 Å². The van der Waals surface area contributed by atoms with E-state index in [0.717, 1.165) is 22.6 Å². The first-order valence-electron chi connectivity index (χ1n) is 12.0. The Balaban J connectivity index is 1.68. The number of nitrogens with zero attached hydrogens (tertiary/aromatic N) is 5. The number of anilines is 1. The summed E-state index contributed by atoms with van der Waals surface area (Å²) in [6.45, 7) is 4.74. The third kappa shape index (κ3) is 6.40. The minimum absolute atomic E-state index is 0.0843. The SMILES string of the molecule is CCOc1cncc(-c2ccc(N(Cc3ccc(OC)cc3)C(=O)C(CC)c3ccnc(Cl)n3)cc2)n1. The van der Waals surface area contributed by atoms with Crippen LogP contribution >= 0.6 is 11.6 Å². The van der Waals surface area contributed by atoms with E-state index >= 15 is 0 Å². The molecule has 0 bridgehead atoms. The number of ether oxygens (including phenoxy) is 2. The summed E-state index contributed by atoms with van der Waals surface area (Å²) in [5.41, 5.74) is 3.85. The number of halogens is 1. The lowest BCUT2D eigenvalue weighted by molar-refractivity contribution is -0.120. The summed E-state index contributed by atoms with van der Waals surface area (Å²) < 4.78 is 10.8. The normalized spacial score (nSPS) is 11.6. The minimum atomic E-state index is -0.479. The maximum atomic E-state index is 13.9. The highest BCUT2D eigenvalue weighted by molar-refractivity contribution is 6.28. The first-order chi connectivity index (χ1) is 18.0. The van der Waals surface area contributed by atoms with Gasteiger partial charge in [0.1, 0.15) is 5.75 Å². The molecule has 0 aliphatic rings. The number of amides is 1. The second-order valence-corrected chi connectivity index (χ2v) is 8.54. The Bertz CT molecular complexity index is 1330. The summed E-state index contributed by atoms with van der Waals surface area (Å²) in [7, 11) is 1.62. The first-order valence-corrected chi connectivity index (χ1v) is 12.4. The third-order valence-electron chi connectivity index (χ3n) is 5.86. The predicted octanol–water partition coefficient (Wildman–Crippen LogP) is 5.72. The van der Waals surface area contributed by atoms with E-state index in [1.54, 1.807) is 36.7 Å². The van der Waals surface area contributed by atoms with Gasteiger partial charge in [0, 0.05) is 17.4 Å². The molecule has 0 saturated heterocycles. The number of carbonyl (C=O) groups excluding carboxylic acids is 1. The molecule has 0 radical (unpaired) electrons. The van der Waals surface area contributed by atoms with Crippen LogP contribution in [-0.4, -0.2) is 39.6 Å². The van der Waals surface area contributed by atoms with Crippen LogP contribution in [0, 0.1) is 0 Å². The van der Waals surface area contributed by atoms with Gasteiger partial charge in [-0.25, -0.2) is 15.0 Å². The van der Waals surface area contributed by atoms with E-state index in [9.17, 15) is 4.79 Å². The molecule has 37 heavy (non-hydrogen) atoms. The van der Waals surface area contributed by atoms with E-state index in [1.807, 2.05) is 62.4 Å². The van der Waals surface area contributed by atoms with Crippen LogP contribution < -0.4 is 14.4 Å². The van der Waals surface area contributed by atoms with E-state index in [2.05, 4.69) is 19.9 Å². The summed E-state index contributed by atoms with van der Waals surface area (Å²) >= 11 is 6.03. The average molecular weight is 518 g/mol. The van der Waals surface area contributed by atoms with Gasteiger partial charge in [-0.1, -0.05) is 31.2 Å². The van der Waals surface area contributed by atoms with Crippen LogP contribution in [0.1, 0.15) is 37.4 Å². The van der Waals surface area contributed by atoms with Crippen LogP contribution in [-0.2, 0) is 11.3 Å². The summed E-state index contributed by atoms with van der Waals surface area (Å²) in [5.74, 6) is 0.657. The smallest absolute Gasteiger partial charge is 0.236 e. The van der Waals surface area contributed by atoms with Crippen LogP contribution in [0.4, 0.5) is 5.69 Å². The fourth-order valence-corrected chi connectivity index (χ4v) is 4.12. The summed E-state index contributed by atoms with van der Waals surface area (Å²) in [6.07, 6.45) is 5.40. The van der Waals surface area contributed by atoms with E-state index < -0.39 is 5.92 Å². The fourth-order valence-electron chi connectivity index (χ4n) is 3.97. The summed E-state index contributed by atoms with van der Waals surface area (Å²) in [5, 5.41) is 0.116. The van der Waals surface area contributed by atoms with Gasteiger partial charge < -0.3 is 14.4 Å². The monoisotopic (exact) mass is 517 g/mol. The van der Waals surface area contributed by atoms with E-state index in [-0.39, 0.29) is 11.2 Å². The van der Waals surface area contributed by atoms with Gasteiger partial charge in [-0.05, 0) is 60.8 Å². The first kappa shape index (κ1) is 26.0. The molecule has 2 aromatic heterocycles. The molecule has 190 valence electrons. The van der Waals surface area contributed by atoms with Crippen molar-refractivity contribution in [3.8, 4) is 22.9 Å². The Labute approximate surface area is 221 Å². The molecule has 2 heterocycles. The number of benzene rings is 2. The Morgan fingerprint density at radius 3 is 2.41 bits per heavy atom. The number of carbonyl (C=O) groups is 1. The Morgan fingerprint density at radius 2 is 1.76 bits per heavy atom. The number of hydrogen-bond acceptors (Lipinski definition) is 7. The molecule has 9 heteroatoms. The van der Waals surface area contributed by atoms with Crippen molar-refractivity contribution < 1.29 is 14.3 Å². The average Bonchev–Trinajstić information content (AvgIpc) is 2.93. The van der Waals surface area contributed by atoms with Crippen molar-refractivity contribution in [2.45, 2.75) is 32.7 Å². The van der Waals surface area contributed by atoms with Crippen molar-refractivity contribution >= 4 is 23.2 Å². The standard InChI is InChI=1S/C28H28ClN5O3/c1-4-23(24-14-15-31-28(29)33-24)27(35)34(18-19-6-12-22(36-3)13-7-19)21-10-8-20(9-11-21)25-16-30-17-26(32-25)37-5-2/h6-17,23H,4-5,18H2,1-3H3. The molecule has 0 aliphatic heterocycles. The van der Waals surface area contributed by atoms with Crippen LogP contribution in [0.15, 0.2) is 73.2 Å². The molecule has 0 saturated carbocycles. The van der Waals surface area contributed by atoms with Crippen LogP contribution in [0.3, 0.4) is 0 Å². The Hall–Kier alpha value is -4.04. The topological polar surface area (TPSA) is 90.3 Å². The molecular formula is C28H28ClN5O3. The fraction of sp³-hybridized carbons (Fsp3) is 0.250. The molecule has 0 fully saturated rings. The van der Waals surface area contributed by atoms with Gasteiger partial charge in [-0.15, -0.1) is 0 Å². The van der Waals surface area contributed by atoms with E-state index in [4.69, 9.17) is 21.1 Å². The number of aromatic nitrogens is 4. The number of rotatable bonds is 10. The minimum Gasteiger partial charge on any atom is -0.497 e. The highest BCUT2D eigenvalue weighted by atomic mass is 35.5. The highest BCUT2D eigenvalue weighted by Crippen LogP contribution is 2.29. The van der Waals surface area contributed by atoms with Crippen molar-refractivity contribution in [2.24, 2.45) is 0 Å². The van der Waals surface area contributed by atoms with Crippen LogP contribution in [0.25, 0.3) is 11.3 Å². The molecule has 4 rings (SSSR count). The summed E-state index contributed by atoms with van der Waals surface area (Å²) in [4.78, 5) is 32.7. The highest BCUT2D eigenvalue weighted by Gasteiger charge is 2.27. The molecule has 2 aromatic carbocycles. The number of hydrogen-bond donors (Lipinski definition) is 0. The molecule has 0 aliphatic carbocycles. The van der Waals surface area contributed by atoms with E-state index in [1.165, 1.54) is 0 Å².